The van der Waals surface area contributed by atoms with Crippen LogP contribution in [0.5, 0.6) is 5.75 Å². The lowest BCUT2D eigenvalue weighted by molar-refractivity contribution is -0.129. The highest BCUT2D eigenvalue weighted by molar-refractivity contribution is 5.73. The zero-order chi connectivity index (χ0) is 17.6. The third-order valence-electron chi connectivity index (χ3n) is 4.77. The lowest BCUT2D eigenvalue weighted by atomic mass is 9.99. The molecule has 2 aromatic carbocycles. The summed E-state index contributed by atoms with van der Waals surface area (Å²) in [5.41, 5.74) is 3.68. The van der Waals surface area contributed by atoms with Crippen molar-refractivity contribution in [3.05, 3.63) is 65.2 Å². The largest absolute Gasteiger partial charge is 0.492 e. The van der Waals surface area contributed by atoms with Gasteiger partial charge in [0.1, 0.15) is 12.4 Å². The van der Waals surface area contributed by atoms with Gasteiger partial charge in [0, 0.05) is 32.6 Å². The van der Waals surface area contributed by atoms with Crippen LogP contribution in [0.25, 0.3) is 0 Å². The summed E-state index contributed by atoms with van der Waals surface area (Å²) < 4.78 is 5.88. The van der Waals surface area contributed by atoms with E-state index < -0.39 is 0 Å². The first-order chi connectivity index (χ1) is 12.1. The van der Waals surface area contributed by atoms with Gasteiger partial charge in [-0.15, -0.1) is 0 Å². The second kappa shape index (κ2) is 8.17. The van der Waals surface area contributed by atoms with Crippen LogP contribution in [-0.4, -0.2) is 30.5 Å². The molecule has 0 saturated heterocycles. The Hall–Kier alpha value is -2.33. The fourth-order valence-electron chi connectivity index (χ4n) is 3.34. The quantitative estimate of drug-likeness (QED) is 0.849. The molecular formula is C21H26N2O2. The van der Waals surface area contributed by atoms with Gasteiger partial charge in [-0.2, -0.15) is 0 Å². The fourth-order valence-corrected chi connectivity index (χ4v) is 3.34. The number of amides is 1. The van der Waals surface area contributed by atoms with Crippen molar-refractivity contribution in [1.82, 2.24) is 10.2 Å². The van der Waals surface area contributed by atoms with Crippen molar-refractivity contribution in [3.8, 4) is 5.75 Å². The molecule has 4 heteroatoms. The Bertz CT molecular complexity index is 729. The number of rotatable bonds is 5. The Morgan fingerprint density at radius 2 is 1.96 bits per heavy atom. The summed E-state index contributed by atoms with van der Waals surface area (Å²) in [6.07, 6.45) is 0.918. The normalized spacial score (nSPS) is 16.9. The average Bonchev–Trinajstić information content (AvgIpc) is 2.80. The molecule has 1 aliphatic rings. The number of nitrogens with one attached hydrogen (secondary N) is 1. The van der Waals surface area contributed by atoms with Crippen molar-refractivity contribution in [2.24, 2.45) is 0 Å². The summed E-state index contributed by atoms with van der Waals surface area (Å²) >= 11 is 0. The number of nitrogens with zero attached hydrogens (tertiary/aromatic N) is 1. The van der Waals surface area contributed by atoms with Gasteiger partial charge < -0.3 is 15.0 Å². The maximum Gasteiger partial charge on any atom is 0.219 e. The SMILES string of the molecule is CC(=O)N1CCC(NCCOc2ccccc2C)c2ccccc2C1. The molecule has 0 bridgehead atoms. The standard InChI is InChI=1S/C21H26N2O2/c1-16-7-3-6-10-21(16)25-14-12-22-20-11-13-23(17(2)24)15-18-8-4-5-9-19(18)20/h3-10,20,22H,11-15H2,1-2H3. The molecule has 25 heavy (non-hydrogen) atoms. The molecule has 1 unspecified atom stereocenters. The van der Waals surface area contributed by atoms with Gasteiger partial charge in [-0.25, -0.2) is 0 Å². The molecular weight excluding hydrogens is 312 g/mol. The molecule has 0 radical (unpaired) electrons. The molecule has 1 atom stereocenters. The number of benzene rings is 2. The minimum Gasteiger partial charge on any atom is -0.492 e. The van der Waals surface area contributed by atoms with Crippen LogP contribution < -0.4 is 10.1 Å². The smallest absolute Gasteiger partial charge is 0.219 e. The third kappa shape index (κ3) is 4.40. The minimum absolute atomic E-state index is 0.137. The van der Waals surface area contributed by atoms with Crippen LogP contribution in [0.15, 0.2) is 48.5 Å². The van der Waals surface area contributed by atoms with Crippen LogP contribution in [0.1, 0.15) is 36.1 Å². The maximum atomic E-state index is 11.8. The predicted octanol–water partition coefficient (Wildman–Crippen LogP) is 3.46. The van der Waals surface area contributed by atoms with E-state index in [9.17, 15) is 4.79 Å². The Balaban J connectivity index is 1.60. The van der Waals surface area contributed by atoms with Gasteiger partial charge >= 0.3 is 0 Å². The van der Waals surface area contributed by atoms with Gasteiger partial charge in [0.25, 0.3) is 0 Å². The van der Waals surface area contributed by atoms with E-state index in [1.165, 1.54) is 11.1 Å². The number of ether oxygens (including phenoxy) is 1. The highest BCUT2D eigenvalue weighted by Gasteiger charge is 2.22. The highest BCUT2D eigenvalue weighted by Crippen LogP contribution is 2.26. The summed E-state index contributed by atoms with van der Waals surface area (Å²) in [6.45, 7) is 6.57. The summed E-state index contributed by atoms with van der Waals surface area (Å²) in [6, 6.07) is 16.7. The number of para-hydroxylation sites is 1. The third-order valence-corrected chi connectivity index (χ3v) is 4.77. The molecule has 1 N–H and O–H groups in total. The number of hydrogen-bond acceptors (Lipinski definition) is 3. The number of carbonyl (C=O) groups excluding carboxylic acids is 1. The molecule has 4 nitrogen and oxygen atoms in total. The summed E-state index contributed by atoms with van der Waals surface area (Å²) in [7, 11) is 0. The lowest BCUT2D eigenvalue weighted by Gasteiger charge is -2.20. The molecule has 0 aromatic heterocycles. The van der Waals surface area contributed by atoms with Gasteiger partial charge in [-0.1, -0.05) is 42.5 Å². The van der Waals surface area contributed by atoms with Gasteiger partial charge in [-0.3, -0.25) is 4.79 Å². The first kappa shape index (κ1) is 17.5. The van der Waals surface area contributed by atoms with E-state index in [2.05, 4.69) is 36.5 Å². The van der Waals surface area contributed by atoms with Gasteiger partial charge in [-0.05, 0) is 36.1 Å². The molecule has 0 saturated carbocycles. The molecule has 0 fully saturated rings. The van der Waals surface area contributed by atoms with Crippen LogP contribution in [-0.2, 0) is 11.3 Å². The summed E-state index contributed by atoms with van der Waals surface area (Å²) in [5.74, 6) is 1.08. The van der Waals surface area contributed by atoms with Crippen molar-refractivity contribution in [2.75, 3.05) is 19.7 Å². The summed E-state index contributed by atoms with van der Waals surface area (Å²) in [4.78, 5) is 13.7. The molecule has 132 valence electrons. The first-order valence-corrected chi connectivity index (χ1v) is 8.90. The van der Waals surface area contributed by atoms with E-state index in [0.29, 0.717) is 13.2 Å². The van der Waals surface area contributed by atoms with E-state index in [0.717, 1.165) is 30.8 Å². The van der Waals surface area contributed by atoms with Gasteiger partial charge in [0.05, 0.1) is 0 Å². The molecule has 1 amide bonds. The first-order valence-electron chi connectivity index (χ1n) is 8.90. The van der Waals surface area contributed by atoms with Crippen molar-refractivity contribution in [3.63, 3.8) is 0 Å². The average molecular weight is 338 g/mol. The Labute approximate surface area is 149 Å². The molecule has 3 rings (SSSR count). The molecule has 0 spiro atoms. The molecule has 0 aliphatic carbocycles. The second-order valence-corrected chi connectivity index (χ2v) is 6.55. The zero-order valence-electron chi connectivity index (χ0n) is 15.0. The van der Waals surface area contributed by atoms with Crippen molar-refractivity contribution >= 4 is 5.91 Å². The number of aryl methyl sites for hydroxylation is 1. The number of fused-ring (bicyclic) bond motifs is 1. The van der Waals surface area contributed by atoms with E-state index in [4.69, 9.17) is 4.74 Å². The Morgan fingerprint density at radius 3 is 2.76 bits per heavy atom. The molecule has 1 aliphatic heterocycles. The second-order valence-electron chi connectivity index (χ2n) is 6.55. The Morgan fingerprint density at radius 1 is 1.20 bits per heavy atom. The zero-order valence-corrected chi connectivity index (χ0v) is 15.0. The van der Waals surface area contributed by atoms with Gasteiger partial charge in [0.2, 0.25) is 5.91 Å². The predicted molar refractivity (Wildman–Crippen MR) is 99.6 cm³/mol. The fraction of sp³-hybridized carbons (Fsp3) is 0.381. The van der Waals surface area contributed by atoms with Crippen LogP contribution >= 0.6 is 0 Å². The topological polar surface area (TPSA) is 41.6 Å². The van der Waals surface area contributed by atoms with Crippen LogP contribution in [0.4, 0.5) is 0 Å². The summed E-state index contributed by atoms with van der Waals surface area (Å²) in [5, 5.41) is 3.60. The van der Waals surface area contributed by atoms with Crippen LogP contribution in [0.2, 0.25) is 0 Å². The molecule has 2 aromatic rings. The van der Waals surface area contributed by atoms with E-state index in [1.54, 1.807) is 6.92 Å². The van der Waals surface area contributed by atoms with Crippen molar-refractivity contribution in [1.29, 1.82) is 0 Å². The maximum absolute atomic E-state index is 11.8. The number of hydrogen-bond donors (Lipinski definition) is 1. The van der Waals surface area contributed by atoms with Crippen LogP contribution in [0, 0.1) is 6.92 Å². The number of carbonyl (C=O) groups is 1. The van der Waals surface area contributed by atoms with E-state index in [-0.39, 0.29) is 11.9 Å². The van der Waals surface area contributed by atoms with Crippen molar-refractivity contribution in [2.45, 2.75) is 32.9 Å². The Kier molecular flexibility index (Phi) is 5.71. The van der Waals surface area contributed by atoms with E-state index >= 15 is 0 Å². The lowest BCUT2D eigenvalue weighted by Crippen LogP contribution is -2.30. The minimum atomic E-state index is 0.137. The van der Waals surface area contributed by atoms with Gasteiger partial charge in [0.15, 0.2) is 0 Å². The molecule has 1 heterocycles. The monoisotopic (exact) mass is 338 g/mol. The van der Waals surface area contributed by atoms with Crippen molar-refractivity contribution < 1.29 is 9.53 Å². The van der Waals surface area contributed by atoms with E-state index in [1.807, 2.05) is 29.2 Å². The van der Waals surface area contributed by atoms with Crippen LogP contribution in [0.3, 0.4) is 0 Å². The highest BCUT2D eigenvalue weighted by atomic mass is 16.5.